The monoisotopic (exact) mass is 981 g/mol. The molecule has 7 N–H and O–H groups in total. The van der Waals surface area contributed by atoms with Gasteiger partial charge < -0.3 is 46.3 Å². The van der Waals surface area contributed by atoms with Crippen molar-refractivity contribution in [2.75, 3.05) is 45.1 Å². The third-order valence-electron chi connectivity index (χ3n) is 11.9. The number of nitrogen functional groups attached to an aromatic ring is 1. The number of hydrogen-bond donors (Lipinski definition) is 6. The molecular weight excluding hydrogens is 913 g/mol. The van der Waals surface area contributed by atoms with Gasteiger partial charge in [0.25, 0.3) is 0 Å². The Morgan fingerprint density at radius 1 is 0.929 bits per heavy atom. The van der Waals surface area contributed by atoms with Gasteiger partial charge in [0, 0.05) is 39.0 Å². The van der Waals surface area contributed by atoms with E-state index in [1.165, 1.54) is 0 Å². The summed E-state index contributed by atoms with van der Waals surface area (Å²) in [5.41, 5.74) is 11.5. The van der Waals surface area contributed by atoms with E-state index in [1.807, 2.05) is 48.2 Å². The first kappa shape index (κ1) is 52.9. The molecule has 0 unspecified atom stereocenters. The van der Waals surface area contributed by atoms with Gasteiger partial charge in [0.2, 0.25) is 23.6 Å². The maximum absolute atomic E-state index is 13.1. The van der Waals surface area contributed by atoms with Crippen LogP contribution in [0.2, 0.25) is 0 Å². The highest BCUT2D eigenvalue weighted by molar-refractivity contribution is 7.13. The number of benzene rings is 1. The average molecular weight is 981 g/mol. The number of carbonyl (C=O) groups excluding carboxylic acids is 4. The molecule has 70 heavy (non-hydrogen) atoms. The van der Waals surface area contributed by atoms with E-state index in [9.17, 15) is 24.3 Å². The fourth-order valence-corrected chi connectivity index (χ4v) is 9.02. The number of amides is 4. The van der Waals surface area contributed by atoms with Crippen molar-refractivity contribution in [3.05, 3.63) is 52.9 Å². The smallest absolute Gasteiger partial charge is 0.243 e. The Morgan fingerprint density at radius 2 is 1.66 bits per heavy atom. The lowest BCUT2D eigenvalue weighted by molar-refractivity contribution is -0.138. The topological polar surface area (TPSA) is 258 Å². The highest BCUT2D eigenvalue weighted by atomic mass is 32.1. The molecule has 0 spiro atoms. The largest absolute Gasteiger partial charge is 0.490 e. The molecule has 4 aromatic heterocycles. The number of pyridine rings is 1. The fourth-order valence-electron chi connectivity index (χ4n) is 8.21. The summed E-state index contributed by atoms with van der Waals surface area (Å²) in [4.78, 5) is 67.2. The number of unbranched alkanes of at least 4 members (excludes halogenated alkanes) is 6. The summed E-state index contributed by atoms with van der Waals surface area (Å²) in [6.45, 7) is 10.9. The molecule has 1 aromatic carbocycles. The van der Waals surface area contributed by atoms with E-state index in [2.05, 4.69) is 53.4 Å². The van der Waals surface area contributed by atoms with Gasteiger partial charge in [0.1, 0.15) is 28.4 Å². The number of nitrogens with two attached hydrogens (primary N) is 1. The Bertz CT molecular complexity index is 2570. The Hall–Kier alpha value is -6.43. The van der Waals surface area contributed by atoms with E-state index in [1.54, 1.807) is 36.3 Å². The Morgan fingerprint density at radius 3 is 2.37 bits per heavy atom. The number of likely N-dealkylation sites (tertiary alicyclic amines) is 1. The lowest BCUT2D eigenvalue weighted by atomic mass is 10.1. The molecule has 1 atom stereocenters. The van der Waals surface area contributed by atoms with Crippen molar-refractivity contribution < 1.29 is 33.7 Å². The van der Waals surface area contributed by atoms with Crippen LogP contribution in [0.25, 0.3) is 33.0 Å². The summed E-state index contributed by atoms with van der Waals surface area (Å²) in [6, 6.07) is 7.52. The van der Waals surface area contributed by atoms with Crippen LogP contribution >= 0.6 is 11.3 Å². The van der Waals surface area contributed by atoms with Crippen LogP contribution in [0.3, 0.4) is 0 Å². The summed E-state index contributed by atoms with van der Waals surface area (Å²) in [5.74, 6) is 6.30. The van der Waals surface area contributed by atoms with Crippen LogP contribution in [-0.4, -0.2) is 114 Å². The van der Waals surface area contributed by atoms with E-state index in [0.717, 1.165) is 85.9 Å². The van der Waals surface area contributed by atoms with E-state index >= 15 is 0 Å². The van der Waals surface area contributed by atoms with Crippen molar-refractivity contribution in [2.45, 2.75) is 136 Å². The first-order valence-corrected chi connectivity index (χ1v) is 25.4. The molecule has 19 nitrogen and oxygen atoms in total. The number of aliphatic hydroxyl groups is 1. The third-order valence-corrected chi connectivity index (χ3v) is 12.9. The van der Waals surface area contributed by atoms with Gasteiger partial charge in [-0.2, -0.15) is 0 Å². The van der Waals surface area contributed by atoms with Gasteiger partial charge in [-0.15, -0.1) is 11.3 Å². The first-order chi connectivity index (χ1) is 33.8. The number of fused-ring (bicyclic) bond motifs is 1. The Labute approximate surface area is 413 Å². The van der Waals surface area contributed by atoms with Crippen LogP contribution in [0.1, 0.15) is 121 Å². The minimum absolute atomic E-state index is 0.0503. The summed E-state index contributed by atoms with van der Waals surface area (Å²) < 4.78 is 12.9. The molecule has 0 radical (unpaired) electrons. The van der Waals surface area contributed by atoms with E-state index < -0.39 is 11.6 Å². The van der Waals surface area contributed by atoms with Gasteiger partial charge in [0.15, 0.2) is 23.1 Å². The molecule has 4 amide bonds. The number of anilines is 1. The molecule has 1 fully saturated rings. The van der Waals surface area contributed by atoms with Crippen LogP contribution in [0.15, 0.2) is 40.6 Å². The number of thiazole rings is 1. The maximum atomic E-state index is 13.1. The standard InChI is InChI=1S/C50H68N12O7S/c1-5-61-45-39(31-54-37(23-24-50(3,4)67)43(45)58-48(61)44-47(51)60-69-59-44)68-29-15-26-52-25-13-18-40(63)53-27-12-10-8-6-7-9-11-17-41(64)55-32-42(65)62-28-14-16-38(62)49(66)56-30-35-19-21-36(22-20-35)46-34(2)57-33-70-46/h19-22,31,33,38,52,67H,5-18,25-30,32H2,1-4H3,(H2,51,60)(H,53,63)(H,55,64)(H,56,66)/t38-/m0/s1. The average Bonchev–Trinajstić information content (AvgIpc) is 4.18. The summed E-state index contributed by atoms with van der Waals surface area (Å²) in [5, 5.41) is 30.0. The zero-order chi connectivity index (χ0) is 49.9. The van der Waals surface area contributed by atoms with E-state index in [0.29, 0.717) is 99.1 Å². The molecule has 1 aliphatic heterocycles. The molecule has 1 aliphatic rings. The zero-order valence-corrected chi connectivity index (χ0v) is 41.7. The number of nitrogens with one attached hydrogen (secondary N) is 4. The van der Waals surface area contributed by atoms with Crippen molar-refractivity contribution >= 4 is 51.8 Å². The second-order valence-electron chi connectivity index (χ2n) is 18.0. The van der Waals surface area contributed by atoms with Crippen molar-refractivity contribution in [3.63, 3.8) is 0 Å². The molecule has 0 bridgehead atoms. The Kier molecular flexibility index (Phi) is 20.1. The number of hydrogen-bond acceptors (Lipinski definition) is 15. The molecular formula is C50H68N12O7S. The minimum Gasteiger partial charge on any atom is -0.490 e. The van der Waals surface area contributed by atoms with Crippen LogP contribution < -0.4 is 31.7 Å². The van der Waals surface area contributed by atoms with Crippen molar-refractivity contribution in [3.8, 4) is 39.5 Å². The Balaban J connectivity index is 0.753. The predicted molar refractivity (Wildman–Crippen MR) is 268 cm³/mol. The molecule has 0 saturated carbocycles. The van der Waals surface area contributed by atoms with Crippen molar-refractivity contribution in [2.24, 2.45) is 0 Å². The van der Waals surface area contributed by atoms with Crippen molar-refractivity contribution in [1.82, 2.24) is 56.0 Å². The van der Waals surface area contributed by atoms with Gasteiger partial charge in [-0.25, -0.2) is 19.6 Å². The van der Waals surface area contributed by atoms with Gasteiger partial charge in [0.05, 0.1) is 35.4 Å². The van der Waals surface area contributed by atoms with Gasteiger partial charge >= 0.3 is 0 Å². The van der Waals surface area contributed by atoms with Crippen LogP contribution in [0, 0.1) is 18.8 Å². The number of ether oxygens (including phenoxy) is 1. The SMILES string of the molecule is CCn1c(-c2nonc2N)nc2c(C#CC(C)(C)O)ncc(OCCCNCCCC(=O)NCCCCCCCCCC(=O)NCC(=O)N3CCC[C@H]3C(=O)NCc3ccc(-c4scnc4C)cc3)c21. The fraction of sp³-hybridized carbons (Fsp3) is 0.540. The highest BCUT2D eigenvalue weighted by Gasteiger charge is 2.34. The molecule has 1 saturated heterocycles. The second kappa shape index (κ2) is 26.5. The number of rotatable bonds is 27. The van der Waals surface area contributed by atoms with Gasteiger partial charge in [-0.1, -0.05) is 62.3 Å². The van der Waals surface area contributed by atoms with Crippen molar-refractivity contribution in [1.29, 1.82) is 0 Å². The summed E-state index contributed by atoms with van der Waals surface area (Å²) in [7, 11) is 0. The lowest BCUT2D eigenvalue weighted by Gasteiger charge is -2.24. The summed E-state index contributed by atoms with van der Waals surface area (Å²) >= 11 is 1.60. The molecule has 6 rings (SSSR count). The number of carbonyl (C=O) groups is 4. The minimum atomic E-state index is -1.22. The highest BCUT2D eigenvalue weighted by Crippen LogP contribution is 2.33. The van der Waals surface area contributed by atoms with E-state index in [-0.39, 0.29) is 36.0 Å². The molecule has 5 heterocycles. The molecule has 5 aromatic rings. The molecule has 0 aliphatic carbocycles. The lowest BCUT2D eigenvalue weighted by Crippen LogP contribution is -2.48. The number of aromatic nitrogens is 6. The predicted octanol–water partition coefficient (Wildman–Crippen LogP) is 5.44. The van der Waals surface area contributed by atoms with Gasteiger partial charge in [-0.3, -0.25) is 19.2 Å². The second-order valence-corrected chi connectivity index (χ2v) is 18.8. The first-order valence-electron chi connectivity index (χ1n) is 24.5. The van der Waals surface area contributed by atoms with Gasteiger partial charge in [-0.05, 0) is 107 Å². The maximum Gasteiger partial charge on any atom is 0.243 e. The normalized spacial score (nSPS) is 13.6. The number of aryl methyl sites for hydroxylation is 2. The third kappa shape index (κ3) is 15.5. The molecule has 20 heteroatoms. The quantitative estimate of drug-likeness (QED) is 0.0283. The number of nitrogens with zero attached hydrogens (tertiary/aromatic N) is 7. The zero-order valence-electron chi connectivity index (χ0n) is 40.9. The summed E-state index contributed by atoms with van der Waals surface area (Å²) in [6.07, 6.45) is 12.0. The van der Waals surface area contributed by atoms with Crippen LogP contribution in [0.5, 0.6) is 5.75 Å². The molecule has 376 valence electrons. The van der Waals surface area contributed by atoms with E-state index in [4.69, 9.17) is 20.1 Å². The van der Waals surface area contributed by atoms with Crippen LogP contribution in [0.4, 0.5) is 5.82 Å². The number of imidazole rings is 1. The van der Waals surface area contributed by atoms with Crippen LogP contribution in [-0.2, 0) is 32.3 Å².